The highest BCUT2D eigenvalue weighted by atomic mass is 19.1. The van der Waals surface area contributed by atoms with Crippen molar-refractivity contribution < 1.29 is 14.0 Å². The number of aromatic amines is 1. The van der Waals surface area contributed by atoms with Crippen LogP contribution in [0.1, 0.15) is 53.2 Å². The molecule has 0 saturated carbocycles. The Morgan fingerprint density at radius 1 is 1.21 bits per heavy atom. The molecular weight excluding hydrogens is 363 g/mol. The van der Waals surface area contributed by atoms with Gasteiger partial charge in [0, 0.05) is 31.1 Å². The molecule has 1 atom stereocenters. The first-order valence-corrected chi connectivity index (χ1v) is 9.38. The number of aromatic nitrogens is 2. The number of hydrogen-bond donors (Lipinski definition) is 1. The Hall–Kier alpha value is -3.03. The fraction of sp³-hybridized carbons (Fsp3) is 0.400. The Morgan fingerprint density at radius 2 is 1.96 bits per heavy atom. The standard InChI is InChI=1S/C20H21FN4O3/c1-12(26)25-9-2-3-17(25)18-22-16-11-24(10-8-15(16)19(27)23-18)20(28)13-4-6-14(21)7-5-13/h4-7,17H,2-3,8-11H2,1H3,(H,22,23,27)/t17-/m0/s1. The molecule has 0 radical (unpaired) electrons. The Balaban J connectivity index is 1.61. The Kier molecular flexibility index (Phi) is 4.70. The lowest BCUT2D eigenvalue weighted by atomic mass is 10.0. The summed E-state index contributed by atoms with van der Waals surface area (Å²) < 4.78 is 13.1. The van der Waals surface area contributed by atoms with Crippen LogP contribution in [0, 0.1) is 5.82 Å². The molecule has 7 nitrogen and oxygen atoms in total. The molecule has 1 N–H and O–H groups in total. The molecule has 28 heavy (non-hydrogen) atoms. The first-order valence-electron chi connectivity index (χ1n) is 9.38. The lowest BCUT2D eigenvalue weighted by Crippen LogP contribution is -2.40. The van der Waals surface area contributed by atoms with Gasteiger partial charge in [0.15, 0.2) is 0 Å². The molecule has 146 valence electrons. The molecule has 0 bridgehead atoms. The number of rotatable bonds is 2. The minimum absolute atomic E-state index is 0.0454. The predicted molar refractivity (Wildman–Crippen MR) is 99.1 cm³/mol. The first-order chi connectivity index (χ1) is 13.4. The molecule has 3 heterocycles. The number of nitrogens with one attached hydrogen (secondary N) is 1. The molecule has 4 rings (SSSR count). The number of carbonyl (C=O) groups excluding carboxylic acids is 2. The van der Waals surface area contributed by atoms with Gasteiger partial charge in [0.05, 0.1) is 18.3 Å². The maximum absolute atomic E-state index is 13.1. The highest BCUT2D eigenvalue weighted by Crippen LogP contribution is 2.30. The minimum Gasteiger partial charge on any atom is -0.333 e. The normalized spacial score (nSPS) is 18.9. The number of likely N-dealkylation sites (tertiary alicyclic amines) is 1. The lowest BCUT2D eigenvalue weighted by molar-refractivity contribution is -0.129. The van der Waals surface area contributed by atoms with Crippen molar-refractivity contribution in [3.05, 3.63) is 63.1 Å². The predicted octanol–water partition coefficient (Wildman–Crippen LogP) is 1.79. The van der Waals surface area contributed by atoms with Crippen LogP contribution in [-0.2, 0) is 17.8 Å². The fourth-order valence-electron chi connectivity index (χ4n) is 3.99. The van der Waals surface area contributed by atoms with E-state index in [-0.39, 0.29) is 30.0 Å². The van der Waals surface area contributed by atoms with Gasteiger partial charge in [0.25, 0.3) is 11.5 Å². The molecule has 2 aromatic rings. The van der Waals surface area contributed by atoms with Gasteiger partial charge in [-0.1, -0.05) is 0 Å². The monoisotopic (exact) mass is 384 g/mol. The number of benzene rings is 1. The zero-order valence-electron chi connectivity index (χ0n) is 15.6. The van der Waals surface area contributed by atoms with Crippen molar-refractivity contribution in [2.45, 2.75) is 38.8 Å². The Morgan fingerprint density at radius 3 is 2.68 bits per heavy atom. The van der Waals surface area contributed by atoms with Crippen molar-refractivity contribution in [2.75, 3.05) is 13.1 Å². The Labute approximate surface area is 161 Å². The summed E-state index contributed by atoms with van der Waals surface area (Å²) in [6, 6.07) is 5.17. The van der Waals surface area contributed by atoms with Crippen LogP contribution in [0.3, 0.4) is 0 Å². The second kappa shape index (κ2) is 7.18. The largest absolute Gasteiger partial charge is 0.333 e. The van der Waals surface area contributed by atoms with Gasteiger partial charge in [0.2, 0.25) is 5.91 Å². The number of amides is 2. The molecule has 1 aromatic carbocycles. The topological polar surface area (TPSA) is 86.4 Å². The van der Waals surface area contributed by atoms with Crippen LogP contribution in [0.4, 0.5) is 4.39 Å². The van der Waals surface area contributed by atoms with Gasteiger partial charge in [-0.2, -0.15) is 0 Å². The van der Waals surface area contributed by atoms with Crippen LogP contribution in [0.5, 0.6) is 0 Å². The van der Waals surface area contributed by atoms with E-state index in [9.17, 15) is 18.8 Å². The van der Waals surface area contributed by atoms with Crippen molar-refractivity contribution in [2.24, 2.45) is 0 Å². The van der Waals surface area contributed by atoms with E-state index in [2.05, 4.69) is 9.97 Å². The zero-order valence-corrected chi connectivity index (χ0v) is 15.6. The van der Waals surface area contributed by atoms with E-state index >= 15 is 0 Å². The summed E-state index contributed by atoms with van der Waals surface area (Å²) in [5.41, 5.74) is 1.34. The number of hydrogen-bond acceptors (Lipinski definition) is 4. The van der Waals surface area contributed by atoms with E-state index in [0.717, 1.165) is 12.8 Å². The highest BCUT2D eigenvalue weighted by molar-refractivity contribution is 5.94. The zero-order chi connectivity index (χ0) is 19.8. The molecule has 0 aliphatic carbocycles. The molecule has 1 fully saturated rings. The van der Waals surface area contributed by atoms with E-state index in [1.165, 1.54) is 31.2 Å². The summed E-state index contributed by atoms with van der Waals surface area (Å²) in [7, 11) is 0. The van der Waals surface area contributed by atoms with E-state index in [0.29, 0.717) is 42.2 Å². The van der Waals surface area contributed by atoms with Crippen LogP contribution >= 0.6 is 0 Å². The summed E-state index contributed by atoms with van der Waals surface area (Å²) >= 11 is 0. The summed E-state index contributed by atoms with van der Waals surface area (Å²) in [4.78, 5) is 47.9. The van der Waals surface area contributed by atoms with Crippen molar-refractivity contribution >= 4 is 11.8 Å². The number of carbonyl (C=O) groups is 2. The van der Waals surface area contributed by atoms with Crippen LogP contribution in [0.15, 0.2) is 29.1 Å². The second-order valence-electron chi connectivity index (χ2n) is 7.23. The average Bonchev–Trinajstić information content (AvgIpc) is 3.18. The van der Waals surface area contributed by atoms with Gasteiger partial charge in [-0.3, -0.25) is 14.4 Å². The lowest BCUT2D eigenvalue weighted by Gasteiger charge is -2.29. The molecule has 1 saturated heterocycles. The maximum atomic E-state index is 13.1. The third-order valence-corrected chi connectivity index (χ3v) is 5.44. The van der Waals surface area contributed by atoms with Crippen LogP contribution in [0.25, 0.3) is 0 Å². The molecule has 2 aliphatic heterocycles. The van der Waals surface area contributed by atoms with Crippen LogP contribution in [-0.4, -0.2) is 44.7 Å². The SMILES string of the molecule is CC(=O)N1CCC[C@H]1c1nc2c(c(=O)[nH]1)CCN(C(=O)c1ccc(F)cc1)C2. The highest BCUT2D eigenvalue weighted by Gasteiger charge is 2.32. The molecule has 2 aliphatic rings. The molecule has 8 heteroatoms. The molecule has 2 amide bonds. The molecule has 0 unspecified atom stereocenters. The van der Waals surface area contributed by atoms with Crippen molar-refractivity contribution in [1.82, 2.24) is 19.8 Å². The van der Waals surface area contributed by atoms with E-state index in [1.807, 2.05) is 0 Å². The third kappa shape index (κ3) is 3.30. The van der Waals surface area contributed by atoms with E-state index in [4.69, 9.17) is 0 Å². The fourth-order valence-corrected chi connectivity index (χ4v) is 3.99. The second-order valence-corrected chi connectivity index (χ2v) is 7.23. The summed E-state index contributed by atoms with van der Waals surface area (Å²) in [6.07, 6.45) is 2.02. The number of halogens is 1. The van der Waals surface area contributed by atoms with Gasteiger partial charge < -0.3 is 14.8 Å². The van der Waals surface area contributed by atoms with Crippen molar-refractivity contribution in [3.8, 4) is 0 Å². The van der Waals surface area contributed by atoms with Gasteiger partial charge in [-0.25, -0.2) is 9.37 Å². The minimum atomic E-state index is -0.398. The number of nitrogens with zero attached hydrogens (tertiary/aromatic N) is 3. The van der Waals surface area contributed by atoms with Gasteiger partial charge in [-0.05, 0) is 43.5 Å². The Bertz CT molecular complexity index is 986. The van der Waals surface area contributed by atoms with Gasteiger partial charge in [0.1, 0.15) is 11.6 Å². The van der Waals surface area contributed by atoms with Crippen LogP contribution in [0.2, 0.25) is 0 Å². The van der Waals surface area contributed by atoms with Crippen LogP contribution < -0.4 is 5.56 Å². The summed E-state index contributed by atoms with van der Waals surface area (Å²) in [5.74, 6) is -0.186. The van der Waals surface area contributed by atoms with Crippen molar-refractivity contribution in [3.63, 3.8) is 0 Å². The summed E-state index contributed by atoms with van der Waals surface area (Å²) in [6.45, 7) is 2.78. The quantitative estimate of drug-likeness (QED) is 0.855. The van der Waals surface area contributed by atoms with E-state index < -0.39 is 5.82 Å². The maximum Gasteiger partial charge on any atom is 0.254 e. The summed E-state index contributed by atoms with van der Waals surface area (Å²) in [5, 5.41) is 0. The van der Waals surface area contributed by atoms with Gasteiger partial charge in [-0.15, -0.1) is 0 Å². The number of fused-ring (bicyclic) bond motifs is 1. The van der Waals surface area contributed by atoms with Gasteiger partial charge >= 0.3 is 0 Å². The average molecular weight is 384 g/mol. The number of H-pyrrole nitrogens is 1. The molecular formula is C20H21FN4O3. The third-order valence-electron chi connectivity index (χ3n) is 5.44. The smallest absolute Gasteiger partial charge is 0.254 e. The first kappa shape index (κ1) is 18.3. The molecule has 1 aromatic heterocycles. The van der Waals surface area contributed by atoms with Crippen molar-refractivity contribution in [1.29, 1.82) is 0 Å². The van der Waals surface area contributed by atoms with E-state index in [1.54, 1.807) is 9.80 Å². The molecule has 0 spiro atoms.